The molecule has 7 nitrogen and oxygen atoms in total. The number of ether oxygens (including phenoxy) is 2. The number of rotatable bonds is 7. The second-order valence-corrected chi connectivity index (χ2v) is 10.1. The van der Waals surface area contributed by atoms with Crippen LogP contribution in [0, 0.1) is 0 Å². The van der Waals surface area contributed by atoms with Gasteiger partial charge in [0.25, 0.3) is 0 Å². The predicted octanol–water partition coefficient (Wildman–Crippen LogP) is 5.36. The number of fused-ring (bicyclic) bond motifs is 1. The molecule has 0 saturated carbocycles. The molecule has 3 aromatic carbocycles. The molecule has 0 fully saturated rings. The SMILES string of the molecule is CCOC(=O)c1c(CS(=O)(=O)c2ccc(Cl)cc2)n(-c2ccccc2)c2ccc(OC(C)=O)cc12. The van der Waals surface area contributed by atoms with Crippen LogP contribution >= 0.6 is 11.6 Å². The largest absolute Gasteiger partial charge is 0.462 e. The Morgan fingerprint density at radius 2 is 1.66 bits per heavy atom. The van der Waals surface area contributed by atoms with Gasteiger partial charge in [-0.05, 0) is 61.5 Å². The molecule has 4 rings (SSSR count). The zero-order valence-electron chi connectivity index (χ0n) is 19.0. The number of nitrogens with zero attached hydrogens (tertiary/aromatic N) is 1. The molecule has 0 aliphatic heterocycles. The highest BCUT2D eigenvalue weighted by atomic mass is 35.5. The van der Waals surface area contributed by atoms with Crippen molar-refractivity contribution in [1.29, 1.82) is 0 Å². The van der Waals surface area contributed by atoms with Gasteiger partial charge in [-0.25, -0.2) is 13.2 Å². The summed E-state index contributed by atoms with van der Waals surface area (Å²) in [5.41, 5.74) is 1.56. The van der Waals surface area contributed by atoms with E-state index in [0.717, 1.165) is 0 Å². The molecule has 0 spiro atoms. The van der Waals surface area contributed by atoms with Gasteiger partial charge in [0.2, 0.25) is 0 Å². The van der Waals surface area contributed by atoms with Crippen molar-refractivity contribution in [2.24, 2.45) is 0 Å². The van der Waals surface area contributed by atoms with Crippen molar-refractivity contribution in [3.63, 3.8) is 0 Å². The summed E-state index contributed by atoms with van der Waals surface area (Å²) in [5.74, 6) is -1.44. The quantitative estimate of drug-likeness (QED) is 0.245. The van der Waals surface area contributed by atoms with E-state index >= 15 is 0 Å². The maximum absolute atomic E-state index is 13.4. The van der Waals surface area contributed by atoms with Crippen LogP contribution < -0.4 is 4.74 Å². The van der Waals surface area contributed by atoms with Crippen molar-refractivity contribution >= 4 is 44.3 Å². The molecule has 0 amide bonds. The van der Waals surface area contributed by atoms with Crippen LogP contribution in [-0.4, -0.2) is 31.5 Å². The molecule has 9 heteroatoms. The van der Waals surface area contributed by atoms with E-state index in [0.29, 0.717) is 21.6 Å². The number of hydrogen-bond donors (Lipinski definition) is 0. The van der Waals surface area contributed by atoms with Crippen LogP contribution in [0.1, 0.15) is 29.9 Å². The fourth-order valence-corrected chi connectivity index (χ4v) is 5.37. The second-order valence-electron chi connectivity index (χ2n) is 7.70. The number of para-hydroxylation sites is 1. The Morgan fingerprint density at radius 1 is 0.971 bits per heavy atom. The summed E-state index contributed by atoms with van der Waals surface area (Å²) in [4.78, 5) is 24.8. The van der Waals surface area contributed by atoms with E-state index in [9.17, 15) is 18.0 Å². The van der Waals surface area contributed by atoms with E-state index in [2.05, 4.69) is 0 Å². The lowest BCUT2D eigenvalue weighted by atomic mass is 10.1. The Labute approximate surface area is 207 Å². The van der Waals surface area contributed by atoms with Crippen molar-refractivity contribution in [2.75, 3.05) is 6.61 Å². The molecule has 4 aromatic rings. The van der Waals surface area contributed by atoms with Gasteiger partial charge < -0.3 is 14.0 Å². The van der Waals surface area contributed by atoms with E-state index in [4.69, 9.17) is 21.1 Å². The Morgan fingerprint density at radius 3 is 2.29 bits per heavy atom. The van der Waals surface area contributed by atoms with Gasteiger partial charge in [0, 0.05) is 23.0 Å². The Balaban J connectivity index is 2.02. The first-order chi connectivity index (χ1) is 16.7. The first-order valence-corrected chi connectivity index (χ1v) is 12.8. The molecule has 0 saturated heterocycles. The molecule has 0 bridgehead atoms. The lowest BCUT2D eigenvalue weighted by Crippen LogP contribution is -2.14. The highest BCUT2D eigenvalue weighted by molar-refractivity contribution is 7.90. The van der Waals surface area contributed by atoms with Crippen molar-refractivity contribution in [3.8, 4) is 11.4 Å². The fraction of sp³-hybridized carbons (Fsp3) is 0.154. The highest BCUT2D eigenvalue weighted by Gasteiger charge is 2.29. The molecule has 35 heavy (non-hydrogen) atoms. The monoisotopic (exact) mass is 511 g/mol. The van der Waals surface area contributed by atoms with Crippen LogP contribution in [0.2, 0.25) is 5.02 Å². The second kappa shape index (κ2) is 9.93. The number of esters is 2. The maximum Gasteiger partial charge on any atom is 0.340 e. The number of carbonyl (C=O) groups excluding carboxylic acids is 2. The fourth-order valence-electron chi connectivity index (χ4n) is 3.90. The topological polar surface area (TPSA) is 91.7 Å². The van der Waals surface area contributed by atoms with Crippen LogP contribution in [0.4, 0.5) is 0 Å². The van der Waals surface area contributed by atoms with Crippen molar-refractivity contribution in [3.05, 3.63) is 89.1 Å². The Hall–Kier alpha value is -3.62. The third-order valence-electron chi connectivity index (χ3n) is 5.29. The lowest BCUT2D eigenvalue weighted by molar-refractivity contribution is -0.131. The minimum Gasteiger partial charge on any atom is -0.462 e. The molecule has 0 N–H and O–H groups in total. The summed E-state index contributed by atoms with van der Waals surface area (Å²) in [6, 6.07) is 19.8. The number of benzene rings is 3. The van der Waals surface area contributed by atoms with Gasteiger partial charge in [-0.1, -0.05) is 29.8 Å². The zero-order valence-corrected chi connectivity index (χ0v) is 20.6. The average molecular weight is 512 g/mol. The molecule has 0 aliphatic carbocycles. The van der Waals surface area contributed by atoms with E-state index in [-0.39, 0.29) is 28.5 Å². The van der Waals surface area contributed by atoms with Crippen molar-refractivity contribution < 1.29 is 27.5 Å². The smallest absolute Gasteiger partial charge is 0.340 e. The summed E-state index contributed by atoms with van der Waals surface area (Å²) < 4.78 is 39.1. The summed E-state index contributed by atoms with van der Waals surface area (Å²) in [6.45, 7) is 3.04. The minimum absolute atomic E-state index is 0.0715. The van der Waals surface area contributed by atoms with Gasteiger partial charge in [-0.3, -0.25) is 4.79 Å². The van der Waals surface area contributed by atoms with E-state index < -0.39 is 27.5 Å². The van der Waals surface area contributed by atoms with E-state index in [1.807, 2.05) is 30.3 Å². The van der Waals surface area contributed by atoms with Crippen LogP contribution in [0.3, 0.4) is 0 Å². The average Bonchev–Trinajstić information content (AvgIpc) is 3.12. The summed E-state index contributed by atoms with van der Waals surface area (Å²) in [5, 5.41) is 0.819. The molecule has 0 radical (unpaired) electrons. The highest BCUT2D eigenvalue weighted by Crippen LogP contribution is 2.35. The summed E-state index contributed by atoms with van der Waals surface area (Å²) in [7, 11) is -3.88. The maximum atomic E-state index is 13.4. The molecule has 0 atom stereocenters. The molecule has 180 valence electrons. The standard InChI is InChI=1S/C26H22ClNO6S/c1-3-33-26(30)25-22-15-20(34-17(2)29)11-14-23(22)28(19-7-5-4-6-8-19)24(25)16-35(31,32)21-12-9-18(27)10-13-21/h4-15H,3,16H2,1-2H3. The minimum atomic E-state index is -3.88. The van der Waals surface area contributed by atoms with Gasteiger partial charge in [-0.2, -0.15) is 0 Å². The molecule has 1 aromatic heterocycles. The first-order valence-electron chi connectivity index (χ1n) is 10.8. The molecule has 0 aliphatic rings. The number of sulfone groups is 1. The number of aromatic nitrogens is 1. The lowest BCUT2D eigenvalue weighted by Gasteiger charge is -2.13. The third-order valence-corrected chi connectivity index (χ3v) is 7.19. The summed E-state index contributed by atoms with van der Waals surface area (Å²) in [6.07, 6.45) is 0. The number of halogens is 1. The van der Waals surface area contributed by atoms with Crippen LogP contribution in [0.25, 0.3) is 16.6 Å². The molecular formula is C26H22ClNO6S. The normalized spacial score (nSPS) is 11.4. The number of hydrogen-bond acceptors (Lipinski definition) is 6. The Bertz CT molecular complexity index is 1510. The molecule has 0 unspecified atom stereocenters. The molecular weight excluding hydrogens is 490 g/mol. The van der Waals surface area contributed by atoms with Crippen LogP contribution in [0.15, 0.2) is 77.7 Å². The third kappa shape index (κ3) is 5.08. The first kappa shape index (κ1) is 24.5. The van der Waals surface area contributed by atoms with Gasteiger partial charge in [0.05, 0.1) is 34.0 Å². The van der Waals surface area contributed by atoms with E-state index in [1.54, 1.807) is 29.7 Å². The summed E-state index contributed by atoms with van der Waals surface area (Å²) >= 11 is 5.94. The number of carbonyl (C=O) groups is 2. The Kier molecular flexibility index (Phi) is 6.95. The van der Waals surface area contributed by atoms with Gasteiger partial charge in [0.1, 0.15) is 5.75 Å². The molecule has 1 heterocycles. The zero-order chi connectivity index (χ0) is 25.2. The predicted molar refractivity (Wildman–Crippen MR) is 133 cm³/mol. The van der Waals surface area contributed by atoms with E-state index in [1.165, 1.54) is 31.2 Å². The van der Waals surface area contributed by atoms with Crippen molar-refractivity contribution in [2.45, 2.75) is 24.5 Å². The van der Waals surface area contributed by atoms with Crippen molar-refractivity contribution in [1.82, 2.24) is 4.57 Å². The van der Waals surface area contributed by atoms with Crippen LogP contribution in [-0.2, 0) is 25.1 Å². The van der Waals surface area contributed by atoms with Gasteiger partial charge in [-0.15, -0.1) is 0 Å². The van der Waals surface area contributed by atoms with Gasteiger partial charge in [0.15, 0.2) is 9.84 Å². The van der Waals surface area contributed by atoms with Crippen LogP contribution in [0.5, 0.6) is 5.75 Å². The van der Waals surface area contributed by atoms with Gasteiger partial charge >= 0.3 is 11.9 Å².